The normalized spacial score (nSPS) is 13.1. The minimum Gasteiger partial charge on any atom is -0.366 e. The van der Waals surface area contributed by atoms with Crippen LogP contribution < -0.4 is 5.32 Å². The molecule has 0 radical (unpaired) electrons. The van der Waals surface area contributed by atoms with Gasteiger partial charge >= 0.3 is 0 Å². The summed E-state index contributed by atoms with van der Waals surface area (Å²) in [5.41, 5.74) is 1.02. The van der Waals surface area contributed by atoms with Gasteiger partial charge in [-0.2, -0.15) is 0 Å². The van der Waals surface area contributed by atoms with Crippen LogP contribution in [0.3, 0.4) is 0 Å². The Morgan fingerprint density at radius 2 is 2.00 bits per heavy atom. The zero-order chi connectivity index (χ0) is 7.98. The molecule has 0 aromatic carbocycles. The molecule has 0 aliphatic carbocycles. The Labute approximate surface area is 67.1 Å². The van der Waals surface area contributed by atoms with Gasteiger partial charge in [0.15, 0.2) is 0 Å². The van der Waals surface area contributed by atoms with E-state index in [4.69, 9.17) is 11.6 Å². The summed E-state index contributed by atoms with van der Waals surface area (Å²) in [6.45, 7) is 7.30. The average Bonchev–Trinajstić information content (AvgIpc) is 1.85. The lowest BCUT2D eigenvalue weighted by molar-refractivity contribution is 1.06. The number of allylic oxidation sites excluding steroid dienone is 4. The highest BCUT2D eigenvalue weighted by atomic mass is 35.5. The smallest absolute Gasteiger partial charge is 0.0150 e. The molecule has 0 saturated heterocycles. The first kappa shape index (κ1) is 9.31. The van der Waals surface area contributed by atoms with Crippen LogP contribution in [-0.2, 0) is 0 Å². The van der Waals surface area contributed by atoms with Gasteiger partial charge in [0.2, 0.25) is 0 Å². The van der Waals surface area contributed by atoms with E-state index in [0.29, 0.717) is 0 Å². The van der Waals surface area contributed by atoms with Crippen LogP contribution in [0, 0.1) is 0 Å². The molecule has 0 aromatic rings. The molecule has 0 heterocycles. The number of rotatable bonds is 3. The van der Waals surface area contributed by atoms with E-state index in [-0.39, 0.29) is 0 Å². The van der Waals surface area contributed by atoms with E-state index in [1.54, 1.807) is 6.20 Å². The molecule has 0 aliphatic rings. The first-order valence-corrected chi connectivity index (χ1v) is 3.42. The zero-order valence-corrected chi connectivity index (χ0v) is 7.07. The van der Waals surface area contributed by atoms with Crippen LogP contribution in [0.1, 0.15) is 13.8 Å². The summed E-state index contributed by atoms with van der Waals surface area (Å²) in [7, 11) is 0. The molecule has 2 heteroatoms. The van der Waals surface area contributed by atoms with Gasteiger partial charge in [-0.1, -0.05) is 18.2 Å². The predicted molar refractivity (Wildman–Crippen MR) is 46.7 cm³/mol. The third-order valence-electron chi connectivity index (χ3n) is 0.893. The zero-order valence-electron chi connectivity index (χ0n) is 6.32. The fraction of sp³-hybridized carbons (Fsp3) is 0.250. The molecule has 0 spiro atoms. The molecule has 0 bridgehead atoms. The van der Waals surface area contributed by atoms with Crippen molar-refractivity contribution in [3.63, 3.8) is 0 Å². The first-order chi connectivity index (χ1) is 4.66. The first-order valence-electron chi connectivity index (χ1n) is 3.05. The van der Waals surface area contributed by atoms with E-state index in [9.17, 15) is 0 Å². The Balaban J connectivity index is 3.91. The summed E-state index contributed by atoms with van der Waals surface area (Å²) in [4.78, 5) is 0. The second-order valence-electron chi connectivity index (χ2n) is 1.95. The molecule has 0 aromatic heterocycles. The van der Waals surface area contributed by atoms with E-state index < -0.39 is 0 Å². The number of nitrogens with one attached hydrogen (secondary N) is 1. The molecule has 0 saturated carbocycles. The van der Waals surface area contributed by atoms with Crippen LogP contribution in [0.2, 0.25) is 0 Å². The van der Waals surface area contributed by atoms with Gasteiger partial charge < -0.3 is 5.32 Å². The van der Waals surface area contributed by atoms with Gasteiger partial charge in [-0.25, -0.2) is 0 Å². The second kappa shape index (κ2) is 5.12. The molecule has 56 valence electrons. The molecule has 0 rings (SSSR count). The van der Waals surface area contributed by atoms with Gasteiger partial charge in [0.25, 0.3) is 0 Å². The summed E-state index contributed by atoms with van der Waals surface area (Å²) in [5.74, 6) is 0. The molecule has 0 fully saturated rings. The van der Waals surface area contributed by atoms with Crippen LogP contribution in [0.5, 0.6) is 0 Å². The lowest BCUT2D eigenvalue weighted by Crippen LogP contribution is -1.98. The Kier molecular flexibility index (Phi) is 4.77. The summed E-state index contributed by atoms with van der Waals surface area (Å²) in [5, 5.41) is 3.69. The van der Waals surface area contributed by atoms with Crippen molar-refractivity contribution in [2.24, 2.45) is 0 Å². The monoisotopic (exact) mass is 157 g/mol. The summed E-state index contributed by atoms with van der Waals surface area (Å²) in [6, 6.07) is 0. The van der Waals surface area contributed by atoms with E-state index in [1.165, 1.54) is 0 Å². The van der Waals surface area contributed by atoms with Crippen molar-refractivity contribution >= 4 is 11.6 Å². The third-order valence-corrected chi connectivity index (χ3v) is 1.02. The van der Waals surface area contributed by atoms with Crippen LogP contribution in [-0.4, -0.2) is 0 Å². The van der Waals surface area contributed by atoms with Crippen molar-refractivity contribution in [3.8, 4) is 0 Å². The van der Waals surface area contributed by atoms with Crippen molar-refractivity contribution in [1.29, 1.82) is 0 Å². The van der Waals surface area contributed by atoms with Gasteiger partial charge in [0.05, 0.1) is 0 Å². The van der Waals surface area contributed by atoms with Crippen molar-refractivity contribution in [1.82, 2.24) is 5.32 Å². The standard InChI is InChI=1S/C8H12ClN/c1-4-10-8(3)6-5-7(2)9/h4-6,10H,1H2,2-3H3/b7-5+,8-6-. The van der Waals surface area contributed by atoms with Gasteiger partial charge in [-0.3, -0.25) is 0 Å². The van der Waals surface area contributed by atoms with Crippen molar-refractivity contribution in [2.75, 3.05) is 0 Å². The Morgan fingerprint density at radius 1 is 1.40 bits per heavy atom. The quantitative estimate of drug-likeness (QED) is 0.622. The molecule has 0 atom stereocenters. The molecule has 1 nitrogen and oxygen atoms in total. The highest BCUT2D eigenvalue weighted by Gasteiger charge is 1.79. The Bertz CT molecular complexity index is 164. The Hall–Kier alpha value is -0.690. The number of halogens is 1. The topological polar surface area (TPSA) is 12.0 Å². The van der Waals surface area contributed by atoms with Gasteiger partial charge in [-0.15, -0.1) is 0 Å². The van der Waals surface area contributed by atoms with Crippen LogP contribution in [0.4, 0.5) is 0 Å². The van der Waals surface area contributed by atoms with Crippen LogP contribution >= 0.6 is 11.6 Å². The summed E-state index contributed by atoms with van der Waals surface area (Å²) in [6.07, 6.45) is 5.35. The SMILES string of the molecule is C=CN/C(C)=C\C=C(/C)Cl. The number of hydrogen-bond donors (Lipinski definition) is 1. The van der Waals surface area contributed by atoms with Crippen LogP contribution in [0.15, 0.2) is 35.7 Å². The van der Waals surface area contributed by atoms with Crippen molar-refractivity contribution in [2.45, 2.75) is 13.8 Å². The fourth-order valence-corrected chi connectivity index (χ4v) is 0.512. The molecule has 1 N–H and O–H groups in total. The minimum absolute atomic E-state index is 0.769. The van der Waals surface area contributed by atoms with E-state index in [0.717, 1.165) is 10.7 Å². The predicted octanol–water partition coefficient (Wildman–Crippen LogP) is 2.77. The van der Waals surface area contributed by atoms with Gasteiger partial charge in [0.1, 0.15) is 0 Å². The van der Waals surface area contributed by atoms with Crippen molar-refractivity contribution < 1.29 is 0 Å². The van der Waals surface area contributed by atoms with E-state index >= 15 is 0 Å². The van der Waals surface area contributed by atoms with E-state index in [2.05, 4.69) is 11.9 Å². The summed E-state index contributed by atoms with van der Waals surface area (Å²) >= 11 is 5.58. The lowest BCUT2D eigenvalue weighted by Gasteiger charge is -1.95. The molecule has 0 unspecified atom stereocenters. The molecule has 10 heavy (non-hydrogen) atoms. The average molecular weight is 158 g/mol. The maximum absolute atomic E-state index is 5.58. The molecule has 0 aliphatic heterocycles. The maximum atomic E-state index is 5.58. The maximum Gasteiger partial charge on any atom is 0.0150 e. The van der Waals surface area contributed by atoms with Gasteiger partial charge in [0, 0.05) is 10.7 Å². The summed E-state index contributed by atoms with van der Waals surface area (Å²) < 4.78 is 0. The largest absolute Gasteiger partial charge is 0.366 e. The minimum atomic E-state index is 0.769. The van der Waals surface area contributed by atoms with Gasteiger partial charge in [-0.05, 0) is 32.2 Å². The number of hydrogen-bond acceptors (Lipinski definition) is 1. The third kappa shape index (κ3) is 5.45. The molecular weight excluding hydrogens is 146 g/mol. The fourth-order valence-electron chi connectivity index (χ4n) is 0.449. The highest BCUT2D eigenvalue weighted by molar-refractivity contribution is 6.29. The van der Waals surface area contributed by atoms with E-state index in [1.807, 2.05) is 26.0 Å². The molecule has 0 amide bonds. The Morgan fingerprint density at radius 3 is 2.40 bits per heavy atom. The highest BCUT2D eigenvalue weighted by Crippen LogP contribution is 1.99. The molecular formula is C8H12ClN. The van der Waals surface area contributed by atoms with Crippen LogP contribution in [0.25, 0.3) is 0 Å². The van der Waals surface area contributed by atoms with Crippen molar-refractivity contribution in [3.05, 3.63) is 35.7 Å². The lowest BCUT2D eigenvalue weighted by atomic mass is 10.4. The second-order valence-corrected chi connectivity index (χ2v) is 2.55.